The largest absolute Gasteiger partial charge is 0.339 e. The smallest absolute Gasteiger partial charge is 0.282 e. The van der Waals surface area contributed by atoms with E-state index in [4.69, 9.17) is 0 Å². The summed E-state index contributed by atoms with van der Waals surface area (Å²) in [6.45, 7) is 4.59. The molecular weight excluding hydrogens is 294 g/mol. The van der Waals surface area contributed by atoms with Crippen LogP contribution in [0.3, 0.4) is 0 Å². The quantitative estimate of drug-likeness (QED) is 0.639. The first-order valence-corrected chi connectivity index (χ1v) is 8.71. The Hall–Kier alpha value is -0.740. The maximum absolute atomic E-state index is 12.6. The van der Waals surface area contributed by atoms with Gasteiger partial charge in [0.25, 0.3) is 10.2 Å². The Morgan fingerprint density at radius 2 is 1.43 bits per heavy atom. The molecule has 2 rings (SSSR count). The van der Waals surface area contributed by atoms with Crippen molar-refractivity contribution in [2.75, 3.05) is 73.0 Å². The average Bonchev–Trinajstić information content (AvgIpc) is 2.48. The molecule has 0 saturated carbocycles. The van der Waals surface area contributed by atoms with Gasteiger partial charge in [0.1, 0.15) is 0 Å². The van der Waals surface area contributed by atoms with Crippen LogP contribution in [-0.4, -0.2) is 106 Å². The van der Waals surface area contributed by atoms with Gasteiger partial charge < -0.3 is 15.1 Å². The van der Waals surface area contributed by atoms with Crippen LogP contribution in [0.5, 0.6) is 0 Å². The number of rotatable bonds is 4. The highest BCUT2D eigenvalue weighted by atomic mass is 32.2. The lowest BCUT2D eigenvalue weighted by Crippen LogP contribution is -2.57. The highest BCUT2D eigenvalue weighted by molar-refractivity contribution is 7.86. The molecular formula is C12H25N5O3S. The molecule has 2 heterocycles. The van der Waals surface area contributed by atoms with Gasteiger partial charge in [-0.15, -0.1) is 0 Å². The minimum absolute atomic E-state index is 0.0224. The fraction of sp³-hybridized carbons (Fsp3) is 0.917. The summed E-state index contributed by atoms with van der Waals surface area (Å²) in [5, 5.41) is 2.83. The van der Waals surface area contributed by atoms with Crippen LogP contribution < -0.4 is 5.32 Å². The highest BCUT2D eigenvalue weighted by Gasteiger charge is 2.34. The zero-order chi connectivity index (χ0) is 15.5. The number of hydrogen-bond acceptors (Lipinski definition) is 5. The van der Waals surface area contributed by atoms with Crippen molar-refractivity contribution in [2.24, 2.45) is 0 Å². The molecule has 1 N–H and O–H groups in total. The van der Waals surface area contributed by atoms with Crippen molar-refractivity contribution in [3.8, 4) is 0 Å². The Morgan fingerprint density at radius 1 is 0.952 bits per heavy atom. The molecule has 2 fully saturated rings. The van der Waals surface area contributed by atoms with Crippen molar-refractivity contribution in [1.82, 2.24) is 23.7 Å². The molecule has 122 valence electrons. The number of amides is 1. The molecule has 2 aliphatic heterocycles. The molecule has 2 aliphatic rings. The zero-order valence-corrected chi connectivity index (χ0v) is 13.6. The molecule has 0 spiro atoms. The molecule has 1 amide bonds. The molecule has 0 atom stereocenters. The van der Waals surface area contributed by atoms with Gasteiger partial charge in [0, 0.05) is 52.4 Å². The van der Waals surface area contributed by atoms with E-state index < -0.39 is 10.2 Å². The molecule has 0 aromatic rings. The van der Waals surface area contributed by atoms with Crippen molar-refractivity contribution in [1.29, 1.82) is 0 Å². The van der Waals surface area contributed by atoms with E-state index >= 15 is 0 Å². The second-order valence-electron chi connectivity index (χ2n) is 5.52. The van der Waals surface area contributed by atoms with Crippen LogP contribution in [-0.2, 0) is 15.0 Å². The lowest BCUT2D eigenvalue weighted by atomic mass is 10.3. The van der Waals surface area contributed by atoms with Crippen LogP contribution in [0.1, 0.15) is 0 Å². The Bertz CT molecular complexity index is 454. The van der Waals surface area contributed by atoms with E-state index in [1.54, 1.807) is 16.3 Å². The average molecular weight is 319 g/mol. The van der Waals surface area contributed by atoms with E-state index in [9.17, 15) is 13.2 Å². The van der Waals surface area contributed by atoms with E-state index in [-0.39, 0.29) is 5.91 Å². The van der Waals surface area contributed by atoms with Gasteiger partial charge in [-0.2, -0.15) is 17.0 Å². The molecule has 0 radical (unpaired) electrons. The Labute approximate surface area is 126 Å². The first-order valence-electron chi connectivity index (χ1n) is 7.31. The summed E-state index contributed by atoms with van der Waals surface area (Å²) in [6, 6.07) is 0. The van der Waals surface area contributed by atoms with Gasteiger partial charge in [-0.05, 0) is 14.1 Å². The number of hydrogen-bond donors (Lipinski definition) is 1. The van der Waals surface area contributed by atoms with E-state index in [1.165, 1.54) is 4.31 Å². The molecule has 0 unspecified atom stereocenters. The van der Waals surface area contributed by atoms with Crippen LogP contribution in [0.2, 0.25) is 0 Å². The molecule has 9 heteroatoms. The maximum Gasteiger partial charge on any atom is 0.282 e. The van der Waals surface area contributed by atoms with E-state index in [1.807, 2.05) is 7.05 Å². The molecule has 0 aromatic carbocycles. The number of nitrogens with one attached hydrogen (secondary N) is 1. The fourth-order valence-electron chi connectivity index (χ4n) is 2.61. The molecule has 0 aromatic heterocycles. The summed E-state index contributed by atoms with van der Waals surface area (Å²) < 4.78 is 28.2. The summed E-state index contributed by atoms with van der Waals surface area (Å²) >= 11 is 0. The van der Waals surface area contributed by atoms with Gasteiger partial charge in [0.15, 0.2) is 0 Å². The van der Waals surface area contributed by atoms with Gasteiger partial charge in [-0.1, -0.05) is 0 Å². The summed E-state index contributed by atoms with van der Waals surface area (Å²) in [6.07, 6.45) is 0. The number of nitrogens with zero attached hydrogens (tertiary/aromatic N) is 4. The summed E-state index contributed by atoms with van der Waals surface area (Å²) in [5.41, 5.74) is 0. The predicted molar refractivity (Wildman–Crippen MR) is 80.1 cm³/mol. The Morgan fingerprint density at radius 3 is 1.90 bits per heavy atom. The van der Waals surface area contributed by atoms with Gasteiger partial charge in [-0.25, -0.2) is 0 Å². The Balaban J connectivity index is 1.90. The SMILES string of the molecule is CNCC(=O)N1CCN(S(=O)(=O)N2CCN(C)CC2)CC1. The van der Waals surface area contributed by atoms with E-state index in [0.717, 1.165) is 13.1 Å². The highest BCUT2D eigenvalue weighted by Crippen LogP contribution is 2.14. The van der Waals surface area contributed by atoms with Crippen LogP contribution in [0.4, 0.5) is 0 Å². The Kier molecular flexibility index (Phi) is 5.55. The third-order valence-electron chi connectivity index (χ3n) is 4.03. The van der Waals surface area contributed by atoms with Crippen LogP contribution in [0, 0.1) is 0 Å². The van der Waals surface area contributed by atoms with E-state index in [2.05, 4.69) is 10.2 Å². The topological polar surface area (TPSA) is 76.2 Å². The number of carbonyl (C=O) groups excluding carboxylic acids is 1. The maximum atomic E-state index is 12.6. The van der Waals surface area contributed by atoms with Crippen LogP contribution >= 0.6 is 0 Å². The van der Waals surface area contributed by atoms with Gasteiger partial charge >= 0.3 is 0 Å². The summed E-state index contributed by atoms with van der Waals surface area (Å²) in [7, 11) is 0.341. The lowest BCUT2D eigenvalue weighted by molar-refractivity contribution is -0.131. The number of likely N-dealkylation sites (N-methyl/N-ethyl adjacent to an activating group) is 2. The standard InChI is InChI=1S/C12H25N5O3S/c1-13-11-12(18)15-5-9-17(10-6-15)21(19,20)16-7-3-14(2)4-8-16/h13H,3-11H2,1-2H3. The van der Waals surface area contributed by atoms with Crippen molar-refractivity contribution in [2.45, 2.75) is 0 Å². The van der Waals surface area contributed by atoms with E-state index in [0.29, 0.717) is 45.8 Å². The lowest BCUT2D eigenvalue weighted by Gasteiger charge is -2.39. The minimum Gasteiger partial charge on any atom is -0.339 e. The first kappa shape index (κ1) is 16.6. The van der Waals surface area contributed by atoms with Crippen molar-refractivity contribution in [3.63, 3.8) is 0 Å². The van der Waals surface area contributed by atoms with Crippen LogP contribution in [0.25, 0.3) is 0 Å². The second-order valence-corrected chi connectivity index (χ2v) is 7.45. The molecule has 21 heavy (non-hydrogen) atoms. The monoisotopic (exact) mass is 319 g/mol. The first-order chi connectivity index (χ1) is 9.95. The molecule has 0 aliphatic carbocycles. The summed E-state index contributed by atoms with van der Waals surface area (Å²) in [5.74, 6) is 0.0224. The molecule has 8 nitrogen and oxygen atoms in total. The third kappa shape index (κ3) is 3.92. The van der Waals surface area contributed by atoms with Crippen molar-refractivity contribution >= 4 is 16.1 Å². The van der Waals surface area contributed by atoms with Gasteiger partial charge in [0.2, 0.25) is 5.91 Å². The normalized spacial score (nSPS) is 23.4. The van der Waals surface area contributed by atoms with Crippen LogP contribution in [0.15, 0.2) is 0 Å². The predicted octanol–water partition coefficient (Wildman–Crippen LogP) is -2.16. The minimum atomic E-state index is -3.38. The zero-order valence-electron chi connectivity index (χ0n) is 12.8. The van der Waals surface area contributed by atoms with Gasteiger partial charge in [0.05, 0.1) is 6.54 Å². The van der Waals surface area contributed by atoms with Crippen molar-refractivity contribution in [3.05, 3.63) is 0 Å². The number of carbonyl (C=O) groups is 1. The second kappa shape index (κ2) is 7.01. The molecule has 2 saturated heterocycles. The molecule has 0 bridgehead atoms. The summed E-state index contributed by atoms with van der Waals surface area (Å²) in [4.78, 5) is 15.6. The third-order valence-corrected chi connectivity index (χ3v) is 6.07. The van der Waals surface area contributed by atoms with Gasteiger partial charge in [-0.3, -0.25) is 4.79 Å². The fourth-order valence-corrected chi connectivity index (χ4v) is 4.19. The van der Waals surface area contributed by atoms with Crippen molar-refractivity contribution < 1.29 is 13.2 Å². The number of piperazine rings is 2.